The van der Waals surface area contributed by atoms with E-state index in [9.17, 15) is 0 Å². The number of para-hydroxylation sites is 4. The second kappa shape index (κ2) is 30.3. The summed E-state index contributed by atoms with van der Waals surface area (Å²) in [5.74, 6) is 0. The maximum Gasteiger partial charge on any atom is 0.0726 e. The smallest absolute Gasteiger partial charge is 0.0726 e. The third-order valence-electron chi connectivity index (χ3n) is 26.9. The lowest BCUT2D eigenvalue weighted by atomic mass is 9.70. The third kappa shape index (κ3) is 13.0. The molecule has 124 heavy (non-hydrogen) atoms. The second-order valence-corrected chi connectivity index (χ2v) is 39.4. The molecule has 0 unspecified atom stereocenters. The molecular weight excluding hydrogens is 1500 g/mol. The molecule has 16 aromatic carbocycles. The average Bonchev–Trinajstić information content (AvgIpc) is 1.51. The van der Waals surface area contributed by atoms with Gasteiger partial charge in [-0.25, -0.2) is 0 Å². The molecule has 16 aromatic rings. The van der Waals surface area contributed by atoms with Crippen LogP contribution in [0.3, 0.4) is 0 Å². The van der Waals surface area contributed by atoms with E-state index in [4.69, 9.17) is 0 Å². The van der Waals surface area contributed by atoms with Crippen molar-refractivity contribution >= 4 is 45.5 Å². The highest BCUT2D eigenvalue weighted by Crippen LogP contribution is 2.67. The molecule has 4 nitrogen and oxygen atoms in total. The molecule has 0 saturated heterocycles. The predicted molar refractivity (Wildman–Crippen MR) is 527 cm³/mol. The summed E-state index contributed by atoms with van der Waals surface area (Å²) in [7, 11) is 0. The first-order valence-electron chi connectivity index (χ1n) is 44.4. The fourth-order valence-corrected chi connectivity index (χ4v) is 22.0. The first kappa shape index (κ1) is 80.4. The molecule has 2 heterocycles. The molecule has 0 saturated carbocycles. The van der Waals surface area contributed by atoms with Crippen molar-refractivity contribution in [2.75, 3.05) is 19.6 Å². The first-order valence-corrected chi connectivity index (χ1v) is 44.4. The van der Waals surface area contributed by atoms with Gasteiger partial charge in [0.15, 0.2) is 0 Å². The Morgan fingerprint density at radius 1 is 0.202 bits per heavy atom. The number of benzene rings is 16. The number of fused-ring (bicyclic) bond motifs is 24. The number of hydrogen-bond acceptors (Lipinski definition) is 4. The molecular formula is C120H112N4. The van der Waals surface area contributed by atoms with Gasteiger partial charge in [-0.2, -0.15) is 0 Å². The molecule has 0 aromatic heterocycles. The molecule has 6 aliphatic rings. The van der Waals surface area contributed by atoms with E-state index in [2.05, 4.69) is 519 Å². The van der Waals surface area contributed by atoms with Gasteiger partial charge in [0.25, 0.3) is 0 Å². The maximum atomic E-state index is 2.52. The number of hydrogen-bond donors (Lipinski definition) is 0. The Labute approximate surface area is 736 Å². The molecule has 0 bridgehead atoms. The van der Waals surface area contributed by atoms with Crippen LogP contribution in [0.1, 0.15) is 178 Å². The fourth-order valence-electron chi connectivity index (χ4n) is 22.0. The van der Waals surface area contributed by atoms with E-state index in [1.165, 1.54) is 179 Å². The average molecular weight is 1610 g/mol. The van der Waals surface area contributed by atoms with E-state index in [1.54, 1.807) is 0 Å². The molecule has 22 rings (SSSR count). The van der Waals surface area contributed by atoms with Crippen LogP contribution in [0.25, 0.3) is 66.8 Å². The van der Waals surface area contributed by atoms with Crippen LogP contribution < -0.4 is 19.6 Å². The van der Waals surface area contributed by atoms with Crippen LogP contribution in [0.5, 0.6) is 0 Å². The van der Waals surface area contributed by atoms with E-state index in [0.717, 1.165) is 0 Å². The SMILES string of the molecule is CC(C)(C)N(c1ccccc1)c1ccc2c(c1)C1(c3ccccc3-c3ccccc31)c1ccccc1-2.CC(C)(C)N(c1ccccc1)c1cccc2c1-c1ccccc1C21c2ccccc2-c2ccccc21.CC1(C)c2cc(-c3ccccc3)ccc2N(C(C)(C)C)c2ccc(-c3ccccc3)cc21.CC1(C)c2ccccc2N(C(C)(C)C)c2ccccc21. The van der Waals surface area contributed by atoms with E-state index in [1.807, 2.05) is 0 Å². The molecule has 0 amide bonds. The van der Waals surface area contributed by atoms with E-state index in [-0.39, 0.29) is 43.8 Å². The van der Waals surface area contributed by atoms with Gasteiger partial charge >= 0.3 is 0 Å². The van der Waals surface area contributed by atoms with Gasteiger partial charge in [-0.05, 0) is 290 Å². The minimum absolute atomic E-state index is 0.0392. The summed E-state index contributed by atoms with van der Waals surface area (Å²) < 4.78 is 0. The highest BCUT2D eigenvalue weighted by atomic mass is 15.2. The molecule has 2 spiro atoms. The predicted octanol–water partition coefficient (Wildman–Crippen LogP) is 31.8. The van der Waals surface area contributed by atoms with Crippen molar-refractivity contribution in [3.8, 4) is 66.8 Å². The summed E-state index contributed by atoms with van der Waals surface area (Å²) in [6.07, 6.45) is 0. The molecule has 0 N–H and O–H groups in total. The van der Waals surface area contributed by atoms with Gasteiger partial charge in [0.2, 0.25) is 0 Å². The standard InChI is InChI=1S/2C35H29N.C31H31N.C19H23N/c1-34(2,3)36(24-14-5-4-6-15-24)32-23-13-22-31-33(32)27-18-9-12-21-30(27)35(31)28-19-10-7-16-25(28)26-17-8-11-20-29(26)35;1-34(2,3)36(24-13-5-4-6-14-24)25-21-22-29-28-17-9-12-20-32(28)35(33(29)23-25)30-18-10-7-15-26(30)27-16-8-11-19-31(27)35;1-30(2,3)32-28-18-16-24(22-12-8-6-9-13-22)20-26(28)31(4,5)27-21-25(17-19-29(27)32)23-14-10-7-11-15-23;1-18(2,3)20-16-12-8-6-10-14(16)19(4,5)15-11-7-9-13-17(15)20/h2*4-23H,1-3H3;6-21H,1-5H3;6-13H,1-5H3. The Bertz CT molecular complexity index is 6390. The number of anilines is 8. The summed E-state index contributed by atoms with van der Waals surface area (Å²) in [4.78, 5) is 9.97. The monoisotopic (exact) mass is 1610 g/mol. The summed E-state index contributed by atoms with van der Waals surface area (Å²) in [5, 5.41) is 0. The lowest BCUT2D eigenvalue weighted by molar-refractivity contribution is 0.530. The van der Waals surface area contributed by atoms with Crippen LogP contribution in [-0.2, 0) is 21.7 Å². The van der Waals surface area contributed by atoms with Gasteiger partial charge < -0.3 is 19.6 Å². The van der Waals surface area contributed by atoms with Crippen molar-refractivity contribution in [3.63, 3.8) is 0 Å². The molecule has 0 fully saturated rings. The zero-order valence-electron chi connectivity index (χ0n) is 74.7. The van der Waals surface area contributed by atoms with E-state index < -0.39 is 0 Å². The molecule has 0 radical (unpaired) electrons. The molecule has 2 aliphatic heterocycles. The van der Waals surface area contributed by atoms with Crippen LogP contribution in [0, 0.1) is 0 Å². The van der Waals surface area contributed by atoms with Crippen LogP contribution in [0.4, 0.5) is 45.5 Å². The molecule has 612 valence electrons. The summed E-state index contributed by atoms with van der Waals surface area (Å²) in [6.45, 7) is 36.9. The Morgan fingerprint density at radius 2 is 0.492 bits per heavy atom. The van der Waals surface area contributed by atoms with Crippen molar-refractivity contribution in [1.29, 1.82) is 0 Å². The Kier molecular flexibility index (Phi) is 19.7. The topological polar surface area (TPSA) is 13.0 Å². The van der Waals surface area contributed by atoms with Crippen molar-refractivity contribution in [1.82, 2.24) is 0 Å². The van der Waals surface area contributed by atoms with Crippen molar-refractivity contribution in [3.05, 3.63) is 455 Å². The van der Waals surface area contributed by atoms with Gasteiger partial charge in [0.1, 0.15) is 0 Å². The van der Waals surface area contributed by atoms with Gasteiger partial charge in [0.05, 0.1) is 10.8 Å². The summed E-state index contributed by atoms with van der Waals surface area (Å²) in [6, 6.07) is 143. The van der Waals surface area contributed by atoms with Crippen LogP contribution in [0.2, 0.25) is 0 Å². The second-order valence-electron chi connectivity index (χ2n) is 39.4. The molecule has 4 heteroatoms. The van der Waals surface area contributed by atoms with Gasteiger partial charge in [-0.15, -0.1) is 0 Å². The van der Waals surface area contributed by atoms with Crippen molar-refractivity contribution < 1.29 is 0 Å². The van der Waals surface area contributed by atoms with Crippen molar-refractivity contribution in [2.45, 2.75) is 155 Å². The summed E-state index contributed by atoms with van der Waals surface area (Å²) >= 11 is 0. The number of rotatable bonds is 6. The number of nitrogens with zero attached hydrogens (tertiary/aromatic N) is 4. The van der Waals surface area contributed by atoms with Gasteiger partial charge in [-0.1, -0.05) is 337 Å². The largest absolute Gasteiger partial charge is 0.336 e. The van der Waals surface area contributed by atoms with Crippen LogP contribution in [-0.4, -0.2) is 22.2 Å². The van der Waals surface area contributed by atoms with Crippen molar-refractivity contribution in [2.24, 2.45) is 0 Å². The Balaban J connectivity index is 0.000000111. The Hall–Kier alpha value is -13.3. The zero-order chi connectivity index (χ0) is 86.0. The third-order valence-corrected chi connectivity index (χ3v) is 26.9. The lowest BCUT2D eigenvalue weighted by Crippen LogP contribution is -2.43. The van der Waals surface area contributed by atoms with E-state index in [0.29, 0.717) is 0 Å². The summed E-state index contributed by atoms with van der Waals surface area (Å²) in [5.41, 5.74) is 41.8. The highest BCUT2D eigenvalue weighted by Gasteiger charge is 2.55. The fraction of sp³-hybridized carbons (Fsp3) is 0.200. The zero-order valence-corrected chi connectivity index (χ0v) is 74.7. The molecule has 4 aliphatic carbocycles. The van der Waals surface area contributed by atoms with Gasteiger partial charge in [-0.3, -0.25) is 0 Å². The van der Waals surface area contributed by atoms with Crippen LogP contribution in [0.15, 0.2) is 388 Å². The van der Waals surface area contributed by atoms with Crippen LogP contribution >= 0.6 is 0 Å². The highest BCUT2D eigenvalue weighted by molar-refractivity contribution is 6.01. The minimum Gasteiger partial charge on any atom is -0.336 e. The van der Waals surface area contributed by atoms with Gasteiger partial charge in [0, 0.05) is 84.0 Å². The normalized spacial score (nSPS) is 14.7. The first-order chi connectivity index (χ1) is 59.6. The van der Waals surface area contributed by atoms with E-state index >= 15 is 0 Å². The minimum atomic E-state index is -0.310. The lowest BCUT2D eigenvalue weighted by Gasteiger charge is -2.48. The molecule has 0 atom stereocenters. The maximum absolute atomic E-state index is 2.52. The quantitative estimate of drug-likeness (QED) is 0.164. The Morgan fingerprint density at radius 3 is 0.871 bits per heavy atom.